The van der Waals surface area contributed by atoms with E-state index in [4.69, 9.17) is 4.52 Å². The molecule has 0 radical (unpaired) electrons. The van der Waals surface area contributed by atoms with Gasteiger partial charge in [0.05, 0.1) is 0 Å². The molecule has 0 bridgehead atoms. The van der Waals surface area contributed by atoms with Gasteiger partial charge in [0.15, 0.2) is 11.5 Å². The molecule has 1 aromatic heterocycles. The lowest BCUT2D eigenvalue weighted by Crippen LogP contribution is -2.24. The van der Waals surface area contributed by atoms with Crippen LogP contribution in [0.3, 0.4) is 0 Å². The summed E-state index contributed by atoms with van der Waals surface area (Å²) in [5.74, 6) is 0.765. The van der Waals surface area contributed by atoms with Gasteiger partial charge in [0.2, 0.25) is 0 Å². The Balaban J connectivity index is 1.83. The Bertz CT molecular complexity index is 598. The summed E-state index contributed by atoms with van der Waals surface area (Å²) >= 11 is 4.15. The predicted octanol–water partition coefficient (Wildman–Crippen LogP) is 3.70. The molecule has 1 aromatic carbocycles. The number of unbranched alkanes of at least 4 members (excludes halogenated alkanes) is 3. The van der Waals surface area contributed by atoms with Crippen LogP contribution >= 0.6 is 12.6 Å². The van der Waals surface area contributed by atoms with Crippen molar-refractivity contribution in [1.82, 2.24) is 10.5 Å². The highest BCUT2D eigenvalue weighted by molar-refractivity contribution is 7.80. The van der Waals surface area contributed by atoms with Gasteiger partial charge < -0.3 is 9.84 Å². The predicted molar refractivity (Wildman–Crippen MR) is 86.6 cm³/mol. The van der Waals surface area contributed by atoms with E-state index in [1.807, 2.05) is 0 Å². The number of rotatable bonds is 8. The van der Waals surface area contributed by atoms with E-state index in [2.05, 4.69) is 23.1 Å². The standard InChI is InChI=1S/C16H19FN2O2S/c17-13-7-5-12(6-8-13)15-11-14(19-21-15)16(20)18-9-3-1-2-4-10-22/h5-8,11,22H,1-4,9-10H2,(H,18,20). The van der Waals surface area contributed by atoms with E-state index in [0.717, 1.165) is 31.4 Å². The summed E-state index contributed by atoms with van der Waals surface area (Å²) in [6.07, 6.45) is 4.22. The summed E-state index contributed by atoms with van der Waals surface area (Å²) in [6, 6.07) is 7.40. The van der Waals surface area contributed by atoms with Gasteiger partial charge in [0.25, 0.3) is 5.91 Å². The first kappa shape index (κ1) is 16.5. The van der Waals surface area contributed by atoms with Crippen molar-refractivity contribution in [2.45, 2.75) is 25.7 Å². The van der Waals surface area contributed by atoms with Crippen LogP contribution in [-0.4, -0.2) is 23.4 Å². The number of benzene rings is 1. The molecule has 0 saturated heterocycles. The fourth-order valence-electron chi connectivity index (χ4n) is 2.02. The van der Waals surface area contributed by atoms with E-state index < -0.39 is 0 Å². The quantitative estimate of drug-likeness (QED) is 0.575. The zero-order valence-electron chi connectivity index (χ0n) is 12.2. The summed E-state index contributed by atoms with van der Waals surface area (Å²) in [5, 5.41) is 6.56. The van der Waals surface area contributed by atoms with Crippen molar-refractivity contribution in [3.63, 3.8) is 0 Å². The highest BCUT2D eigenvalue weighted by Gasteiger charge is 2.13. The number of aromatic nitrogens is 1. The number of halogens is 1. The second-order valence-corrected chi connectivity index (χ2v) is 5.42. The minimum atomic E-state index is -0.320. The van der Waals surface area contributed by atoms with Gasteiger partial charge in [0, 0.05) is 18.2 Å². The minimum absolute atomic E-state index is 0.231. The van der Waals surface area contributed by atoms with Crippen molar-refractivity contribution >= 4 is 18.5 Å². The molecule has 0 aliphatic rings. The molecular formula is C16H19FN2O2S. The Morgan fingerprint density at radius 3 is 2.64 bits per heavy atom. The fourth-order valence-corrected chi connectivity index (χ4v) is 2.24. The average Bonchev–Trinajstić information content (AvgIpc) is 3.01. The average molecular weight is 322 g/mol. The van der Waals surface area contributed by atoms with Gasteiger partial charge in [-0.3, -0.25) is 4.79 Å². The van der Waals surface area contributed by atoms with Crippen molar-refractivity contribution < 1.29 is 13.7 Å². The Kier molecular flexibility index (Phi) is 6.45. The zero-order valence-corrected chi connectivity index (χ0v) is 13.1. The number of thiol groups is 1. The number of carbonyl (C=O) groups is 1. The third-order valence-electron chi connectivity index (χ3n) is 3.24. The maximum Gasteiger partial charge on any atom is 0.273 e. The molecule has 0 atom stereocenters. The molecule has 2 aromatic rings. The molecule has 0 fully saturated rings. The Labute approximate surface area is 134 Å². The molecule has 22 heavy (non-hydrogen) atoms. The van der Waals surface area contributed by atoms with E-state index in [9.17, 15) is 9.18 Å². The molecule has 1 N–H and O–H groups in total. The lowest BCUT2D eigenvalue weighted by molar-refractivity contribution is 0.0944. The molecule has 118 valence electrons. The van der Waals surface area contributed by atoms with Crippen LogP contribution in [0.4, 0.5) is 4.39 Å². The normalized spacial score (nSPS) is 10.6. The number of nitrogens with zero attached hydrogens (tertiary/aromatic N) is 1. The third-order valence-corrected chi connectivity index (χ3v) is 3.56. The highest BCUT2D eigenvalue weighted by Crippen LogP contribution is 2.20. The van der Waals surface area contributed by atoms with Gasteiger partial charge in [-0.2, -0.15) is 12.6 Å². The number of carbonyl (C=O) groups excluding carboxylic acids is 1. The van der Waals surface area contributed by atoms with E-state index in [-0.39, 0.29) is 17.4 Å². The molecule has 0 unspecified atom stereocenters. The second-order valence-electron chi connectivity index (χ2n) is 4.98. The number of hydrogen-bond acceptors (Lipinski definition) is 4. The summed E-state index contributed by atoms with van der Waals surface area (Å²) in [6.45, 7) is 0.615. The fraction of sp³-hybridized carbons (Fsp3) is 0.375. The van der Waals surface area contributed by atoms with Gasteiger partial charge >= 0.3 is 0 Å². The van der Waals surface area contributed by atoms with Crippen LogP contribution in [-0.2, 0) is 0 Å². The van der Waals surface area contributed by atoms with E-state index >= 15 is 0 Å². The molecular weight excluding hydrogens is 303 g/mol. The second kappa shape index (κ2) is 8.58. The van der Waals surface area contributed by atoms with E-state index in [0.29, 0.717) is 17.9 Å². The van der Waals surface area contributed by atoms with Gasteiger partial charge in [-0.15, -0.1) is 0 Å². The largest absolute Gasteiger partial charge is 0.355 e. The van der Waals surface area contributed by atoms with Gasteiger partial charge in [-0.05, 0) is 42.9 Å². The van der Waals surface area contributed by atoms with Crippen molar-refractivity contribution in [3.05, 3.63) is 41.8 Å². The van der Waals surface area contributed by atoms with Crippen LogP contribution in [0.1, 0.15) is 36.2 Å². The summed E-state index contributed by atoms with van der Waals surface area (Å²) in [5.41, 5.74) is 0.911. The first-order valence-electron chi connectivity index (χ1n) is 7.32. The van der Waals surface area contributed by atoms with Crippen molar-refractivity contribution in [2.24, 2.45) is 0 Å². The summed E-state index contributed by atoms with van der Waals surface area (Å²) < 4.78 is 18.0. The van der Waals surface area contributed by atoms with Gasteiger partial charge in [-0.1, -0.05) is 18.0 Å². The van der Waals surface area contributed by atoms with Crippen LogP contribution in [0.2, 0.25) is 0 Å². The van der Waals surface area contributed by atoms with Crippen molar-refractivity contribution in [2.75, 3.05) is 12.3 Å². The molecule has 1 amide bonds. The Morgan fingerprint density at radius 1 is 1.18 bits per heavy atom. The molecule has 1 heterocycles. The first-order chi connectivity index (χ1) is 10.7. The van der Waals surface area contributed by atoms with Gasteiger partial charge in [-0.25, -0.2) is 4.39 Å². The first-order valence-corrected chi connectivity index (χ1v) is 7.95. The number of nitrogens with one attached hydrogen (secondary N) is 1. The SMILES string of the molecule is O=C(NCCCCCCS)c1cc(-c2ccc(F)cc2)on1. The van der Waals surface area contributed by atoms with Crippen molar-refractivity contribution in [3.8, 4) is 11.3 Å². The third kappa shape index (κ3) is 4.87. The highest BCUT2D eigenvalue weighted by atomic mass is 32.1. The van der Waals surface area contributed by atoms with Crippen LogP contribution in [0.25, 0.3) is 11.3 Å². The number of amides is 1. The molecule has 6 heteroatoms. The molecule has 2 rings (SSSR count). The van der Waals surface area contributed by atoms with E-state index in [1.165, 1.54) is 12.1 Å². The molecule has 0 saturated carbocycles. The Hall–Kier alpha value is -1.82. The summed E-state index contributed by atoms with van der Waals surface area (Å²) in [7, 11) is 0. The lowest BCUT2D eigenvalue weighted by Gasteiger charge is -2.02. The van der Waals surface area contributed by atoms with Crippen LogP contribution in [0.15, 0.2) is 34.9 Å². The number of hydrogen-bond donors (Lipinski definition) is 2. The lowest BCUT2D eigenvalue weighted by atomic mass is 10.1. The zero-order chi connectivity index (χ0) is 15.8. The Morgan fingerprint density at radius 2 is 1.91 bits per heavy atom. The minimum Gasteiger partial charge on any atom is -0.355 e. The maximum atomic E-state index is 12.9. The summed E-state index contributed by atoms with van der Waals surface area (Å²) in [4.78, 5) is 11.9. The smallest absolute Gasteiger partial charge is 0.273 e. The molecule has 4 nitrogen and oxygen atoms in total. The molecule has 0 spiro atoms. The van der Waals surface area contributed by atoms with E-state index in [1.54, 1.807) is 18.2 Å². The molecule has 0 aliphatic heterocycles. The van der Waals surface area contributed by atoms with Crippen LogP contribution in [0.5, 0.6) is 0 Å². The van der Waals surface area contributed by atoms with Gasteiger partial charge in [0.1, 0.15) is 5.82 Å². The van der Waals surface area contributed by atoms with Crippen molar-refractivity contribution in [1.29, 1.82) is 0 Å². The van der Waals surface area contributed by atoms with Crippen LogP contribution in [0, 0.1) is 5.82 Å². The monoisotopic (exact) mass is 322 g/mol. The van der Waals surface area contributed by atoms with Crippen LogP contribution < -0.4 is 5.32 Å². The maximum absolute atomic E-state index is 12.9. The topological polar surface area (TPSA) is 55.1 Å². The molecule has 0 aliphatic carbocycles.